The average Bonchev–Trinajstić information content (AvgIpc) is 3.00. The quantitative estimate of drug-likeness (QED) is 0.665. The molecule has 0 spiro atoms. The third kappa shape index (κ3) is 2.66. The van der Waals surface area contributed by atoms with Crippen molar-refractivity contribution >= 4 is 17.7 Å². The molecular weight excluding hydrogens is 246 g/mol. The largest absolute Gasteiger partial charge is 0.352 e. The molecule has 96 valence electrons. The molecule has 2 saturated carbocycles. The zero-order chi connectivity index (χ0) is 12.4. The van der Waals surface area contributed by atoms with Crippen LogP contribution in [0, 0.1) is 11.8 Å². The zero-order valence-corrected chi connectivity index (χ0v) is 11.0. The van der Waals surface area contributed by atoms with Crippen molar-refractivity contribution in [3.8, 4) is 0 Å². The van der Waals surface area contributed by atoms with Crippen molar-refractivity contribution in [2.24, 2.45) is 11.8 Å². The van der Waals surface area contributed by atoms with Gasteiger partial charge in [-0.1, -0.05) is 18.2 Å². The fourth-order valence-electron chi connectivity index (χ4n) is 3.16. The van der Waals surface area contributed by atoms with Crippen molar-refractivity contribution < 1.29 is 4.79 Å². The van der Waals surface area contributed by atoms with Crippen molar-refractivity contribution in [3.05, 3.63) is 18.5 Å². The topological polar surface area (TPSA) is 54.9 Å². The van der Waals surface area contributed by atoms with Gasteiger partial charge in [0.2, 0.25) is 5.91 Å². The van der Waals surface area contributed by atoms with E-state index in [0.717, 1.165) is 11.8 Å². The van der Waals surface area contributed by atoms with Crippen LogP contribution in [0.5, 0.6) is 0 Å². The van der Waals surface area contributed by atoms with E-state index in [4.69, 9.17) is 0 Å². The van der Waals surface area contributed by atoms with Gasteiger partial charge in [0.25, 0.3) is 0 Å². The van der Waals surface area contributed by atoms with E-state index in [-0.39, 0.29) is 5.91 Å². The number of carbonyl (C=O) groups is 1. The number of amides is 1. The summed E-state index contributed by atoms with van der Waals surface area (Å²) in [5.74, 6) is 2.13. The number of nitrogens with one attached hydrogen (secondary N) is 1. The molecule has 2 aliphatic carbocycles. The first-order chi connectivity index (χ1) is 8.81. The van der Waals surface area contributed by atoms with E-state index in [1.165, 1.54) is 37.4 Å². The molecule has 5 heteroatoms. The second-order valence-corrected chi connectivity index (χ2v) is 6.11. The van der Waals surface area contributed by atoms with Crippen LogP contribution >= 0.6 is 11.8 Å². The molecule has 2 aliphatic rings. The third-order valence-corrected chi connectivity index (χ3v) is 4.83. The number of hydrogen-bond acceptors (Lipinski definition) is 4. The van der Waals surface area contributed by atoms with Crippen LogP contribution in [0.25, 0.3) is 0 Å². The fraction of sp³-hybridized carbons (Fsp3) is 0.615. The lowest BCUT2D eigenvalue weighted by molar-refractivity contribution is -0.119. The van der Waals surface area contributed by atoms with Gasteiger partial charge in [0.1, 0.15) is 0 Å². The van der Waals surface area contributed by atoms with Gasteiger partial charge in [-0.15, -0.1) is 0 Å². The van der Waals surface area contributed by atoms with Crippen LogP contribution in [0.1, 0.15) is 25.7 Å². The van der Waals surface area contributed by atoms with Gasteiger partial charge < -0.3 is 5.32 Å². The smallest absolute Gasteiger partial charge is 0.230 e. The Bertz CT molecular complexity index is 426. The van der Waals surface area contributed by atoms with E-state index < -0.39 is 0 Å². The first-order valence-electron chi connectivity index (χ1n) is 6.50. The Morgan fingerprint density at radius 2 is 2.17 bits per heavy atom. The molecule has 18 heavy (non-hydrogen) atoms. The Morgan fingerprint density at radius 3 is 2.83 bits per heavy atom. The van der Waals surface area contributed by atoms with Crippen LogP contribution in [0.4, 0.5) is 0 Å². The van der Waals surface area contributed by atoms with Gasteiger partial charge in [0.15, 0.2) is 5.16 Å². The molecule has 3 atom stereocenters. The Kier molecular flexibility index (Phi) is 3.50. The lowest BCUT2D eigenvalue weighted by atomic mass is 9.95. The molecule has 1 N–H and O–H groups in total. The Labute approximate surface area is 111 Å². The fourth-order valence-corrected chi connectivity index (χ4v) is 3.77. The number of hydrogen-bond donors (Lipinski definition) is 1. The first kappa shape index (κ1) is 12.0. The summed E-state index contributed by atoms with van der Waals surface area (Å²) >= 11 is 1.40. The Morgan fingerprint density at radius 1 is 1.33 bits per heavy atom. The minimum Gasteiger partial charge on any atom is -0.352 e. The highest BCUT2D eigenvalue weighted by atomic mass is 32.2. The van der Waals surface area contributed by atoms with Crippen LogP contribution in [0.15, 0.2) is 23.6 Å². The second kappa shape index (κ2) is 5.26. The van der Waals surface area contributed by atoms with Gasteiger partial charge in [-0.05, 0) is 37.2 Å². The molecule has 3 rings (SSSR count). The molecule has 1 amide bonds. The lowest BCUT2D eigenvalue weighted by Crippen LogP contribution is -2.39. The van der Waals surface area contributed by atoms with Crippen LogP contribution < -0.4 is 5.32 Å². The molecule has 0 radical (unpaired) electrons. The Balaban J connectivity index is 1.45. The van der Waals surface area contributed by atoms with Crippen molar-refractivity contribution in [3.63, 3.8) is 0 Å². The summed E-state index contributed by atoms with van der Waals surface area (Å²) in [5.41, 5.74) is 0. The van der Waals surface area contributed by atoms with Gasteiger partial charge in [0, 0.05) is 18.4 Å². The van der Waals surface area contributed by atoms with Crippen molar-refractivity contribution in [2.75, 3.05) is 5.75 Å². The number of thioether (sulfide) groups is 1. The summed E-state index contributed by atoms with van der Waals surface area (Å²) in [7, 11) is 0. The monoisotopic (exact) mass is 263 g/mol. The molecule has 0 aromatic carbocycles. The summed E-state index contributed by atoms with van der Waals surface area (Å²) in [6.45, 7) is 0. The SMILES string of the molecule is O=C(CSc1ncccn1)N[C@@H]1C[C@H]2CC[C@@H]1C2. The molecule has 2 fully saturated rings. The van der Waals surface area contributed by atoms with Crippen molar-refractivity contribution in [1.29, 1.82) is 0 Å². The van der Waals surface area contributed by atoms with Crippen molar-refractivity contribution in [2.45, 2.75) is 36.9 Å². The van der Waals surface area contributed by atoms with Crippen LogP contribution in [-0.2, 0) is 4.79 Å². The number of nitrogens with zero attached hydrogens (tertiary/aromatic N) is 2. The minimum absolute atomic E-state index is 0.116. The summed E-state index contributed by atoms with van der Waals surface area (Å²) in [4.78, 5) is 20.0. The highest BCUT2D eigenvalue weighted by molar-refractivity contribution is 7.99. The van der Waals surface area contributed by atoms with E-state index in [1.54, 1.807) is 18.5 Å². The molecule has 0 saturated heterocycles. The molecule has 4 nitrogen and oxygen atoms in total. The molecule has 0 unspecified atom stereocenters. The normalized spacial score (nSPS) is 29.4. The predicted octanol–water partition coefficient (Wildman–Crippen LogP) is 1.87. The number of fused-ring (bicyclic) bond motifs is 2. The van der Waals surface area contributed by atoms with E-state index in [9.17, 15) is 4.79 Å². The molecular formula is C13H17N3OS. The van der Waals surface area contributed by atoms with E-state index >= 15 is 0 Å². The maximum atomic E-state index is 11.9. The van der Waals surface area contributed by atoms with Gasteiger partial charge in [-0.3, -0.25) is 4.79 Å². The maximum absolute atomic E-state index is 11.9. The summed E-state index contributed by atoms with van der Waals surface area (Å²) in [6, 6.07) is 2.20. The van der Waals surface area contributed by atoms with Gasteiger partial charge in [-0.25, -0.2) is 9.97 Å². The number of carbonyl (C=O) groups excluding carboxylic acids is 1. The third-order valence-electron chi connectivity index (χ3n) is 3.96. The standard InChI is InChI=1S/C13H17N3OS/c17-12(8-18-13-14-4-1-5-15-13)16-11-7-9-2-3-10(11)6-9/h1,4-5,9-11H,2-3,6-8H2,(H,16,17)/t9-,10+,11+/m0/s1. The van der Waals surface area contributed by atoms with Crippen LogP contribution in [0.2, 0.25) is 0 Å². The van der Waals surface area contributed by atoms with E-state index in [1.807, 2.05) is 0 Å². The highest BCUT2D eigenvalue weighted by Crippen LogP contribution is 2.44. The van der Waals surface area contributed by atoms with Crippen LogP contribution in [0.3, 0.4) is 0 Å². The summed E-state index contributed by atoms with van der Waals surface area (Å²) in [5, 5.41) is 3.83. The Hall–Kier alpha value is -1.10. The lowest BCUT2D eigenvalue weighted by Gasteiger charge is -2.22. The number of aromatic nitrogens is 2. The van der Waals surface area contributed by atoms with Gasteiger partial charge in [0.05, 0.1) is 5.75 Å². The summed E-state index contributed by atoms with van der Waals surface area (Å²) < 4.78 is 0. The minimum atomic E-state index is 0.116. The van der Waals surface area contributed by atoms with Gasteiger partial charge in [-0.2, -0.15) is 0 Å². The molecule has 1 heterocycles. The molecule has 2 bridgehead atoms. The molecule has 0 aliphatic heterocycles. The van der Waals surface area contributed by atoms with Crippen molar-refractivity contribution in [1.82, 2.24) is 15.3 Å². The first-order valence-corrected chi connectivity index (χ1v) is 7.49. The van der Waals surface area contributed by atoms with Crippen LogP contribution in [-0.4, -0.2) is 27.7 Å². The molecule has 1 aromatic heterocycles. The predicted molar refractivity (Wildman–Crippen MR) is 70.1 cm³/mol. The second-order valence-electron chi connectivity index (χ2n) is 5.17. The average molecular weight is 263 g/mol. The number of rotatable bonds is 4. The zero-order valence-electron chi connectivity index (χ0n) is 10.2. The van der Waals surface area contributed by atoms with Gasteiger partial charge >= 0.3 is 0 Å². The highest BCUT2D eigenvalue weighted by Gasteiger charge is 2.39. The van der Waals surface area contributed by atoms with E-state index in [0.29, 0.717) is 17.0 Å². The maximum Gasteiger partial charge on any atom is 0.230 e. The summed E-state index contributed by atoms with van der Waals surface area (Å²) in [6.07, 6.45) is 8.56. The molecule has 1 aromatic rings. The van der Waals surface area contributed by atoms with E-state index in [2.05, 4.69) is 15.3 Å².